The topological polar surface area (TPSA) is 69.2 Å². The number of carboxylic acids is 1. The van der Waals surface area contributed by atoms with Crippen molar-refractivity contribution in [3.8, 4) is 0 Å². The van der Waals surface area contributed by atoms with E-state index in [1.54, 1.807) is 12.1 Å². The van der Waals surface area contributed by atoms with Crippen molar-refractivity contribution in [2.24, 2.45) is 0 Å². The van der Waals surface area contributed by atoms with Gasteiger partial charge < -0.3 is 15.2 Å². The molecule has 0 unspecified atom stereocenters. The maximum atomic E-state index is 11.2. The fourth-order valence-corrected chi connectivity index (χ4v) is 1.03. The highest BCUT2D eigenvalue weighted by Crippen LogP contribution is 2.12. The zero-order chi connectivity index (χ0) is 11.3. The van der Waals surface area contributed by atoms with Gasteiger partial charge in [0.1, 0.15) is 0 Å². The van der Waals surface area contributed by atoms with Crippen LogP contribution < -0.4 is 10.4 Å². The molecule has 0 aliphatic carbocycles. The van der Waals surface area contributed by atoms with Gasteiger partial charge in [-0.1, -0.05) is 18.2 Å². The average molecular weight is 204 g/mol. The molecule has 15 heavy (non-hydrogen) atoms. The first-order chi connectivity index (χ1) is 7.09. The van der Waals surface area contributed by atoms with Crippen LogP contribution in [0, 0.1) is 6.92 Å². The van der Waals surface area contributed by atoms with Crippen molar-refractivity contribution < 1.29 is 14.7 Å². The molecule has 0 radical (unpaired) electrons. The van der Waals surface area contributed by atoms with Crippen LogP contribution in [-0.4, -0.2) is 11.9 Å². The number of hydrogen-bond acceptors (Lipinski definition) is 3. The predicted molar refractivity (Wildman–Crippen MR) is 54.0 cm³/mol. The van der Waals surface area contributed by atoms with Gasteiger partial charge in [-0.2, -0.15) is 0 Å². The predicted octanol–water partition coefficient (Wildman–Crippen LogP) is 0.240. The molecule has 0 spiro atoms. The molecule has 0 heterocycles. The zero-order valence-electron chi connectivity index (χ0n) is 8.19. The summed E-state index contributed by atoms with van der Waals surface area (Å²) in [5.74, 6) is -1.89. The molecule has 1 amide bonds. The van der Waals surface area contributed by atoms with Crippen LogP contribution in [0.15, 0.2) is 36.4 Å². The molecule has 1 rings (SSSR count). The summed E-state index contributed by atoms with van der Waals surface area (Å²) in [4.78, 5) is 21.2. The van der Waals surface area contributed by atoms with E-state index in [4.69, 9.17) is 0 Å². The molecule has 0 bridgehead atoms. The normalized spacial score (nSPS) is 10.2. The summed E-state index contributed by atoms with van der Waals surface area (Å²) in [6, 6.07) is 7.21. The Morgan fingerprint density at radius 3 is 2.53 bits per heavy atom. The lowest BCUT2D eigenvalue weighted by molar-refractivity contribution is -0.297. The van der Waals surface area contributed by atoms with E-state index in [2.05, 4.69) is 5.32 Å². The molecule has 1 N–H and O–H groups in total. The second-order valence-electron chi connectivity index (χ2n) is 2.96. The summed E-state index contributed by atoms with van der Waals surface area (Å²) in [7, 11) is 0. The first-order valence-electron chi connectivity index (χ1n) is 4.35. The van der Waals surface area contributed by atoms with E-state index in [1.807, 2.05) is 19.1 Å². The number of rotatable bonds is 3. The summed E-state index contributed by atoms with van der Waals surface area (Å²) >= 11 is 0. The van der Waals surface area contributed by atoms with Gasteiger partial charge >= 0.3 is 0 Å². The van der Waals surface area contributed by atoms with Crippen LogP contribution in [0.1, 0.15) is 5.56 Å². The van der Waals surface area contributed by atoms with Crippen LogP contribution in [0.5, 0.6) is 0 Å². The van der Waals surface area contributed by atoms with E-state index in [9.17, 15) is 14.7 Å². The number of aryl methyl sites for hydroxylation is 1. The summed E-state index contributed by atoms with van der Waals surface area (Å²) in [5, 5.41) is 12.6. The molecule has 1 aromatic rings. The van der Waals surface area contributed by atoms with Gasteiger partial charge in [0.2, 0.25) is 5.91 Å². The second-order valence-corrected chi connectivity index (χ2v) is 2.96. The van der Waals surface area contributed by atoms with E-state index in [-0.39, 0.29) is 0 Å². The molecular weight excluding hydrogens is 194 g/mol. The number of aliphatic carboxylic acids is 1. The van der Waals surface area contributed by atoms with Crippen LogP contribution in [0.25, 0.3) is 0 Å². The summed E-state index contributed by atoms with van der Waals surface area (Å²) in [6.45, 7) is 1.85. The van der Waals surface area contributed by atoms with E-state index >= 15 is 0 Å². The van der Waals surface area contributed by atoms with Crippen molar-refractivity contribution in [3.63, 3.8) is 0 Å². The second kappa shape index (κ2) is 4.95. The Labute approximate surface area is 87.2 Å². The fraction of sp³-hybridized carbons (Fsp3) is 0.0909. The van der Waals surface area contributed by atoms with Gasteiger partial charge in [0.15, 0.2) is 0 Å². The Morgan fingerprint density at radius 1 is 1.27 bits per heavy atom. The quantitative estimate of drug-likeness (QED) is 0.717. The summed E-state index contributed by atoms with van der Waals surface area (Å²) < 4.78 is 0. The highest BCUT2D eigenvalue weighted by atomic mass is 16.4. The SMILES string of the molecule is Cc1ccccc1NC(=O)C=CC(=O)[O-]. The van der Waals surface area contributed by atoms with E-state index in [0.29, 0.717) is 11.8 Å². The van der Waals surface area contributed by atoms with Gasteiger partial charge in [0.25, 0.3) is 0 Å². The van der Waals surface area contributed by atoms with Crippen LogP contribution in [0.3, 0.4) is 0 Å². The molecule has 1 aromatic carbocycles. The van der Waals surface area contributed by atoms with E-state index in [0.717, 1.165) is 11.6 Å². The minimum atomic E-state index is -1.39. The van der Waals surface area contributed by atoms with Crippen LogP contribution in [0.4, 0.5) is 5.69 Å². The number of amides is 1. The Balaban J connectivity index is 2.67. The van der Waals surface area contributed by atoms with E-state index < -0.39 is 11.9 Å². The van der Waals surface area contributed by atoms with Crippen molar-refractivity contribution in [2.45, 2.75) is 6.92 Å². The number of carboxylic acid groups (broad SMARTS) is 1. The molecule has 4 nitrogen and oxygen atoms in total. The lowest BCUT2D eigenvalue weighted by Crippen LogP contribution is -2.20. The standard InChI is InChI=1S/C11H11NO3/c1-8-4-2-3-5-9(8)12-10(13)6-7-11(14)15/h2-7H,1H3,(H,12,13)(H,14,15)/p-1. The smallest absolute Gasteiger partial charge is 0.248 e. The molecule has 4 heteroatoms. The van der Waals surface area contributed by atoms with Crippen molar-refractivity contribution in [2.75, 3.05) is 5.32 Å². The molecule has 0 aliphatic heterocycles. The highest BCUT2D eigenvalue weighted by molar-refractivity contribution is 6.02. The molecule has 78 valence electrons. The number of anilines is 1. The number of nitrogens with one attached hydrogen (secondary N) is 1. The maximum Gasteiger partial charge on any atom is 0.248 e. The largest absolute Gasteiger partial charge is 0.545 e. The average Bonchev–Trinajstić information content (AvgIpc) is 2.18. The van der Waals surface area contributed by atoms with Crippen LogP contribution in [-0.2, 0) is 9.59 Å². The molecule has 0 aromatic heterocycles. The zero-order valence-corrected chi connectivity index (χ0v) is 8.19. The van der Waals surface area contributed by atoms with Gasteiger partial charge in [-0.25, -0.2) is 0 Å². The minimum Gasteiger partial charge on any atom is -0.545 e. The highest BCUT2D eigenvalue weighted by Gasteiger charge is 1.99. The number of carbonyl (C=O) groups excluding carboxylic acids is 2. The van der Waals surface area contributed by atoms with Crippen molar-refractivity contribution >= 4 is 17.6 Å². The van der Waals surface area contributed by atoms with Gasteiger partial charge in [-0.05, 0) is 24.6 Å². The van der Waals surface area contributed by atoms with Gasteiger partial charge in [-0.15, -0.1) is 0 Å². The molecule has 0 saturated carbocycles. The Bertz CT molecular complexity index is 410. The Hall–Kier alpha value is -2.10. The van der Waals surface area contributed by atoms with Crippen molar-refractivity contribution in [1.29, 1.82) is 0 Å². The summed E-state index contributed by atoms with van der Waals surface area (Å²) in [6.07, 6.45) is 1.61. The lowest BCUT2D eigenvalue weighted by Gasteiger charge is -2.05. The first kappa shape index (κ1) is 11.0. The van der Waals surface area contributed by atoms with Gasteiger partial charge in [-0.3, -0.25) is 4.79 Å². The maximum absolute atomic E-state index is 11.2. The number of benzene rings is 1. The third-order valence-corrected chi connectivity index (χ3v) is 1.77. The third kappa shape index (κ3) is 3.64. The summed E-state index contributed by atoms with van der Waals surface area (Å²) in [5.41, 5.74) is 1.57. The van der Waals surface area contributed by atoms with Crippen molar-refractivity contribution in [3.05, 3.63) is 42.0 Å². The minimum absolute atomic E-state index is 0.492. The van der Waals surface area contributed by atoms with Gasteiger partial charge in [0, 0.05) is 11.8 Å². The van der Waals surface area contributed by atoms with Gasteiger partial charge in [0.05, 0.1) is 5.97 Å². The van der Waals surface area contributed by atoms with Crippen molar-refractivity contribution in [1.82, 2.24) is 0 Å². The van der Waals surface area contributed by atoms with E-state index in [1.165, 1.54) is 0 Å². The first-order valence-corrected chi connectivity index (χ1v) is 4.35. The number of carbonyl (C=O) groups is 2. The number of hydrogen-bond donors (Lipinski definition) is 1. The lowest BCUT2D eigenvalue weighted by atomic mass is 10.2. The van der Waals surface area contributed by atoms with Crippen LogP contribution in [0.2, 0.25) is 0 Å². The number of para-hydroxylation sites is 1. The molecular formula is C11H10NO3-. The third-order valence-electron chi connectivity index (χ3n) is 1.77. The molecule has 0 fully saturated rings. The Morgan fingerprint density at radius 2 is 1.93 bits per heavy atom. The fourth-order valence-electron chi connectivity index (χ4n) is 1.03. The van der Waals surface area contributed by atoms with Crippen LogP contribution >= 0.6 is 0 Å². The molecule has 0 saturated heterocycles. The Kier molecular flexibility index (Phi) is 3.62. The molecule has 0 aliphatic rings. The molecule has 0 atom stereocenters. The monoisotopic (exact) mass is 204 g/mol.